The molecule has 0 unspecified atom stereocenters. The van der Waals surface area contributed by atoms with E-state index in [9.17, 15) is 4.79 Å². The molecule has 1 fully saturated rings. The molecule has 0 saturated carbocycles. The zero-order valence-electron chi connectivity index (χ0n) is 9.35. The number of rotatable bonds is 1. The molecule has 1 aromatic rings. The minimum atomic E-state index is 0. The molecular formula is C12H17ClN2O. The van der Waals surface area contributed by atoms with Crippen molar-refractivity contribution in [2.24, 2.45) is 5.73 Å². The first kappa shape index (κ1) is 13.0. The Kier molecular flexibility index (Phi) is 4.33. The molecule has 4 heteroatoms. The van der Waals surface area contributed by atoms with Crippen LogP contribution < -0.4 is 5.73 Å². The lowest BCUT2D eigenvalue weighted by molar-refractivity contribution is 0.0790. The van der Waals surface area contributed by atoms with Crippen molar-refractivity contribution in [1.29, 1.82) is 0 Å². The lowest BCUT2D eigenvalue weighted by Gasteiger charge is -2.16. The molecule has 2 N–H and O–H groups in total. The van der Waals surface area contributed by atoms with E-state index in [1.165, 1.54) is 0 Å². The first-order valence-electron chi connectivity index (χ1n) is 5.29. The Hall–Kier alpha value is -1.06. The van der Waals surface area contributed by atoms with Gasteiger partial charge in [0.25, 0.3) is 5.91 Å². The van der Waals surface area contributed by atoms with Gasteiger partial charge in [-0.05, 0) is 25.0 Å². The van der Waals surface area contributed by atoms with E-state index < -0.39 is 0 Å². The van der Waals surface area contributed by atoms with Crippen LogP contribution in [0, 0.1) is 6.92 Å². The standard InChI is InChI=1S/C12H16N2O.ClH/c1-9-4-2-3-5-11(9)12(15)14-7-6-10(13)8-14;/h2-5,10H,6-8,13H2,1H3;1H/t10-;/m0./s1. The van der Waals surface area contributed by atoms with Crippen molar-refractivity contribution in [3.05, 3.63) is 35.4 Å². The second-order valence-corrected chi connectivity index (χ2v) is 4.11. The van der Waals surface area contributed by atoms with E-state index in [2.05, 4.69) is 0 Å². The Bertz CT molecular complexity index is 381. The smallest absolute Gasteiger partial charge is 0.254 e. The summed E-state index contributed by atoms with van der Waals surface area (Å²) in [7, 11) is 0. The van der Waals surface area contributed by atoms with E-state index in [1.54, 1.807) is 0 Å². The summed E-state index contributed by atoms with van der Waals surface area (Å²) in [5, 5.41) is 0. The Morgan fingerprint density at radius 1 is 1.44 bits per heavy atom. The third kappa shape index (κ3) is 2.54. The number of hydrogen-bond acceptors (Lipinski definition) is 2. The van der Waals surface area contributed by atoms with Gasteiger partial charge < -0.3 is 10.6 Å². The molecular weight excluding hydrogens is 224 g/mol. The maximum Gasteiger partial charge on any atom is 0.254 e. The van der Waals surface area contributed by atoms with Crippen LogP contribution in [-0.4, -0.2) is 29.9 Å². The van der Waals surface area contributed by atoms with Gasteiger partial charge in [-0.25, -0.2) is 0 Å². The minimum absolute atomic E-state index is 0. The Morgan fingerprint density at radius 2 is 2.12 bits per heavy atom. The number of benzene rings is 1. The average Bonchev–Trinajstić information content (AvgIpc) is 2.65. The van der Waals surface area contributed by atoms with Crippen LogP contribution in [0.3, 0.4) is 0 Å². The molecule has 16 heavy (non-hydrogen) atoms. The van der Waals surface area contributed by atoms with Gasteiger partial charge in [-0.1, -0.05) is 18.2 Å². The van der Waals surface area contributed by atoms with Gasteiger partial charge in [-0.2, -0.15) is 0 Å². The SMILES string of the molecule is Cc1ccccc1C(=O)N1CC[C@H](N)C1.Cl. The highest BCUT2D eigenvalue weighted by molar-refractivity contribution is 5.95. The summed E-state index contributed by atoms with van der Waals surface area (Å²) in [6, 6.07) is 7.83. The summed E-state index contributed by atoms with van der Waals surface area (Å²) in [5.74, 6) is 0.112. The molecule has 88 valence electrons. The molecule has 1 amide bonds. The van der Waals surface area contributed by atoms with Crippen LogP contribution in [0.5, 0.6) is 0 Å². The van der Waals surface area contributed by atoms with Crippen LogP contribution in [0.1, 0.15) is 22.3 Å². The molecule has 0 aromatic heterocycles. The van der Waals surface area contributed by atoms with Crippen molar-refractivity contribution in [3.8, 4) is 0 Å². The fourth-order valence-corrected chi connectivity index (χ4v) is 1.95. The minimum Gasteiger partial charge on any atom is -0.337 e. The second kappa shape index (κ2) is 5.32. The van der Waals surface area contributed by atoms with Crippen LogP contribution in [0.4, 0.5) is 0 Å². The molecule has 2 rings (SSSR count). The maximum atomic E-state index is 12.1. The molecule has 0 aliphatic carbocycles. The zero-order valence-corrected chi connectivity index (χ0v) is 10.2. The largest absolute Gasteiger partial charge is 0.337 e. The van der Waals surface area contributed by atoms with Crippen LogP contribution >= 0.6 is 12.4 Å². The average molecular weight is 241 g/mol. The summed E-state index contributed by atoms with van der Waals surface area (Å²) in [5.41, 5.74) is 7.61. The topological polar surface area (TPSA) is 46.3 Å². The summed E-state index contributed by atoms with van der Waals surface area (Å²) in [6.45, 7) is 3.44. The number of nitrogens with two attached hydrogens (primary N) is 1. The highest BCUT2D eigenvalue weighted by Crippen LogP contribution is 2.14. The van der Waals surface area contributed by atoms with Gasteiger partial charge in [-0.3, -0.25) is 4.79 Å². The summed E-state index contributed by atoms with van der Waals surface area (Å²) in [4.78, 5) is 13.9. The summed E-state index contributed by atoms with van der Waals surface area (Å²) in [6.07, 6.45) is 0.914. The normalized spacial score (nSPS) is 19.4. The maximum absolute atomic E-state index is 12.1. The molecule has 1 aliphatic rings. The summed E-state index contributed by atoms with van der Waals surface area (Å²) >= 11 is 0. The van der Waals surface area contributed by atoms with Crippen LogP contribution in [-0.2, 0) is 0 Å². The van der Waals surface area contributed by atoms with Gasteiger partial charge in [0, 0.05) is 24.7 Å². The van der Waals surface area contributed by atoms with E-state index >= 15 is 0 Å². The van der Waals surface area contributed by atoms with Crippen molar-refractivity contribution < 1.29 is 4.79 Å². The third-order valence-electron chi connectivity index (χ3n) is 2.89. The van der Waals surface area contributed by atoms with Crippen molar-refractivity contribution >= 4 is 18.3 Å². The van der Waals surface area contributed by atoms with Crippen molar-refractivity contribution in [1.82, 2.24) is 4.90 Å². The first-order chi connectivity index (χ1) is 7.18. The monoisotopic (exact) mass is 240 g/mol. The Labute approximate surface area is 102 Å². The Morgan fingerprint density at radius 3 is 2.69 bits per heavy atom. The van der Waals surface area contributed by atoms with Crippen molar-refractivity contribution in [2.75, 3.05) is 13.1 Å². The number of halogens is 1. The second-order valence-electron chi connectivity index (χ2n) is 4.11. The molecule has 0 bridgehead atoms. The fourth-order valence-electron chi connectivity index (χ4n) is 1.95. The molecule has 1 aromatic carbocycles. The molecule has 1 aliphatic heterocycles. The van der Waals surface area contributed by atoms with E-state index in [0.29, 0.717) is 6.54 Å². The van der Waals surface area contributed by atoms with Crippen LogP contribution in [0.25, 0.3) is 0 Å². The van der Waals surface area contributed by atoms with E-state index in [-0.39, 0.29) is 24.4 Å². The Balaban J connectivity index is 0.00000128. The lowest BCUT2D eigenvalue weighted by atomic mass is 10.1. The van der Waals surface area contributed by atoms with E-state index in [1.807, 2.05) is 36.1 Å². The summed E-state index contributed by atoms with van der Waals surface area (Å²) < 4.78 is 0. The highest BCUT2D eigenvalue weighted by atomic mass is 35.5. The number of hydrogen-bond donors (Lipinski definition) is 1. The highest BCUT2D eigenvalue weighted by Gasteiger charge is 2.24. The van der Waals surface area contributed by atoms with Gasteiger partial charge in [0.1, 0.15) is 0 Å². The van der Waals surface area contributed by atoms with E-state index in [4.69, 9.17) is 5.73 Å². The predicted octanol–water partition coefficient (Wildman–Crippen LogP) is 1.59. The molecule has 3 nitrogen and oxygen atoms in total. The lowest BCUT2D eigenvalue weighted by Crippen LogP contribution is -2.32. The third-order valence-corrected chi connectivity index (χ3v) is 2.89. The number of carbonyl (C=O) groups is 1. The number of carbonyl (C=O) groups excluding carboxylic acids is 1. The van der Waals surface area contributed by atoms with Crippen molar-refractivity contribution in [3.63, 3.8) is 0 Å². The molecule has 1 saturated heterocycles. The number of likely N-dealkylation sites (tertiary alicyclic amines) is 1. The van der Waals surface area contributed by atoms with Gasteiger partial charge in [-0.15, -0.1) is 12.4 Å². The first-order valence-corrected chi connectivity index (χ1v) is 5.29. The van der Waals surface area contributed by atoms with Gasteiger partial charge in [0.05, 0.1) is 0 Å². The molecule has 0 radical (unpaired) electrons. The molecule has 0 spiro atoms. The zero-order chi connectivity index (χ0) is 10.8. The van der Waals surface area contributed by atoms with Crippen LogP contribution in [0.15, 0.2) is 24.3 Å². The molecule has 1 heterocycles. The number of aryl methyl sites for hydroxylation is 1. The number of amides is 1. The van der Waals surface area contributed by atoms with E-state index in [0.717, 1.165) is 24.1 Å². The van der Waals surface area contributed by atoms with Gasteiger partial charge in [0.15, 0.2) is 0 Å². The predicted molar refractivity (Wildman–Crippen MR) is 66.9 cm³/mol. The number of nitrogens with zero attached hydrogens (tertiary/aromatic N) is 1. The van der Waals surface area contributed by atoms with Crippen molar-refractivity contribution in [2.45, 2.75) is 19.4 Å². The quantitative estimate of drug-likeness (QED) is 0.811. The van der Waals surface area contributed by atoms with Gasteiger partial charge in [0.2, 0.25) is 0 Å². The van der Waals surface area contributed by atoms with Crippen LogP contribution in [0.2, 0.25) is 0 Å². The van der Waals surface area contributed by atoms with Gasteiger partial charge >= 0.3 is 0 Å². The fraction of sp³-hybridized carbons (Fsp3) is 0.417. The molecule has 1 atom stereocenters.